The zero-order valence-electron chi connectivity index (χ0n) is 18.7. The van der Waals surface area contributed by atoms with Crippen molar-refractivity contribution in [3.63, 3.8) is 0 Å². The van der Waals surface area contributed by atoms with Crippen LogP contribution < -0.4 is 20.1 Å². The molecule has 8 heteroatoms. The highest BCUT2D eigenvalue weighted by atomic mass is 16.5. The Morgan fingerprint density at radius 1 is 1.03 bits per heavy atom. The molecule has 31 heavy (non-hydrogen) atoms. The highest BCUT2D eigenvalue weighted by Crippen LogP contribution is 2.14. The number of ether oxygens (including phenoxy) is 4. The van der Waals surface area contributed by atoms with Crippen molar-refractivity contribution < 1.29 is 18.9 Å². The zero-order chi connectivity index (χ0) is 22.2. The van der Waals surface area contributed by atoms with Gasteiger partial charge >= 0.3 is 0 Å². The van der Waals surface area contributed by atoms with Crippen molar-refractivity contribution in [1.29, 1.82) is 0 Å². The molecule has 2 N–H and O–H groups in total. The minimum atomic E-state index is 0.453. The Labute approximate surface area is 185 Å². The molecule has 0 saturated carbocycles. The predicted octanol–water partition coefficient (Wildman–Crippen LogP) is 2.78. The summed E-state index contributed by atoms with van der Waals surface area (Å²) in [6, 6.07) is 11.8. The lowest BCUT2D eigenvalue weighted by Gasteiger charge is -2.15. The Balaban J connectivity index is 1.98. The van der Waals surface area contributed by atoms with Crippen molar-refractivity contribution in [2.45, 2.75) is 26.4 Å². The van der Waals surface area contributed by atoms with Gasteiger partial charge in [0.1, 0.15) is 12.4 Å². The van der Waals surface area contributed by atoms with Crippen LogP contribution in [0.5, 0.6) is 11.6 Å². The fraction of sp³-hybridized carbons (Fsp3) is 0.478. The van der Waals surface area contributed by atoms with Crippen LogP contribution in [0.4, 0.5) is 0 Å². The summed E-state index contributed by atoms with van der Waals surface area (Å²) in [6.45, 7) is 6.26. The van der Waals surface area contributed by atoms with Gasteiger partial charge in [-0.05, 0) is 37.1 Å². The fourth-order valence-electron chi connectivity index (χ4n) is 2.69. The van der Waals surface area contributed by atoms with Gasteiger partial charge in [0.25, 0.3) is 0 Å². The Hall–Kier alpha value is -2.84. The molecule has 1 heterocycles. The van der Waals surface area contributed by atoms with Crippen molar-refractivity contribution in [3.8, 4) is 11.6 Å². The molecular formula is C23H34N4O4. The summed E-state index contributed by atoms with van der Waals surface area (Å²) in [5, 5.41) is 6.74. The second-order valence-corrected chi connectivity index (χ2v) is 6.65. The monoisotopic (exact) mass is 430 g/mol. The van der Waals surface area contributed by atoms with E-state index in [2.05, 4.69) is 15.6 Å². The number of aliphatic imine (C=N–C) groups is 1. The predicted molar refractivity (Wildman–Crippen MR) is 122 cm³/mol. The number of nitrogens with one attached hydrogen (secondary N) is 2. The number of aromatic nitrogens is 1. The molecular weight excluding hydrogens is 396 g/mol. The van der Waals surface area contributed by atoms with E-state index in [0.717, 1.165) is 49.0 Å². The third kappa shape index (κ3) is 9.67. The van der Waals surface area contributed by atoms with E-state index in [-0.39, 0.29) is 0 Å². The molecule has 0 amide bonds. The number of nitrogens with zero attached hydrogens (tertiary/aromatic N) is 2. The quantitative estimate of drug-likeness (QED) is 0.271. The van der Waals surface area contributed by atoms with Crippen LogP contribution in [0.25, 0.3) is 0 Å². The number of benzene rings is 1. The second-order valence-electron chi connectivity index (χ2n) is 6.65. The normalized spacial score (nSPS) is 11.3. The molecule has 8 nitrogen and oxygen atoms in total. The van der Waals surface area contributed by atoms with E-state index < -0.39 is 0 Å². The van der Waals surface area contributed by atoms with E-state index >= 15 is 0 Å². The lowest BCUT2D eigenvalue weighted by atomic mass is 10.2. The molecule has 0 aliphatic carbocycles. The molecule has 2 rings (SSSR count). The lowest BCUT2D eigenvalue weighted by molar-refractivity contribution is 0.143. The lowest BCUT2D eigenvalue weighted by Crippen LogP contribution is -2.38. The molecule has 0 atom stereocenters. The Kier molecular flexibility index (Phi) is 11.8. The summed E-state index contributed by atoms with van der Waals surface area (Å²) in [7, 11) is 3.31. The van der Waals surface area contributed by atoms with Crippen LogP contribution in [0.3, 0.4) is 0 Å². The molecule has 0 bridgehead atoms. The average molecular weight is 431 g/mol. The highest BCUT2D eigenvalue weighted by molar-refractivity contribution is 5.79. The number of methoxy groups -OCH3 is 2. The molecule has 0 unspecified atom stereocenters. The van der Waals surface area contributed by atoms with Crippen LogP contribution in [0.15, 0.2) is 47.6 Å². The van der Waals surface area contributed by atoms with Gasteiger partial charge < -0.3 is 29.6 Å². The molecule has 2 aromatic rings. The summed E-state index contributed by atoms with van der Waals surface area (Å²) < 4.78 is 21.4. The van der Waals surface area contributed by atoms with Crippen LogP contribution in [-0.4, -0.2) is 58.1 Å². The van der Waals surface area contributed by atoms with Crippen LogP contribution >= 0.6 is 0 Å². The molecule has 170 valence electrons. The second kappa shape index (κ2) is 15.0. The summed E-state index contributed by atoms with van der Waals surface area (Å²) >= 11 is 0. The van der Waals surface area contributed by atoms with E-state index in [1.165, 1.54) is 0 Å². The highest BCUT2D eigenvalue weighted by Gasteiger charge is 2.07. The van der Waals surface area contributed by atoms with E-state index in [9.17, 15) is 0 Å². The van der Waals surface area contributed by atoms with E-state index in [1.807, 2.05) is 43.3 Å². The Morgan fingerprint density at radius 3 is 2.61 bits per heavy atom. The summed E-state index contributed by atoms with van der Waals surface area (Å²) in [5.74, 6) is 2.15. The van der Waals surface area contributed by atoms with Crippen molar-refractivity contribution in [3.05, 3.63) is 53.7 Å². The third-order valence-corrected chi connectivity index (χ3v) is 4.36. The molecule has 0 aliphatic rings. The van der Waals surface area contributed by atoms with Crippen molar-refractivity contribution in [2.24, 2.45) is 4.99 Å². The molecule has 0 radical (unpaired) electrons. The molecule has 0 fully saturated rings. The average Bonchev–Trinajstić information content (AvgIpc) is 2.81. The van der Waals surface area contributed by atoms with Crippen molar-refractivity contribution in [1.82, 2.24) is 15.6 Å². The van der Waals surface area contributed by atoms with Crippen LogP contribution in [0.2, 0.25) is 0 Å². The number of hydrogen-bond donors (Lipinski definition) is 2. The van der Waals surface area contributed by atoms with E-state index in [1.54, 1.807) is 20.4 Å². The Morgan fingerprint density at radius 2 is 1.87 bits per heavy atom. The van der Waals surface area contributed by atoms with Crippen LogP contribution in [0.1, 0.15) is 24.5 Å². The number of pyridine rings is 1. The largest absolute Gasteiger partial charge is 0.497 e. The van der Waals surface area contributed by atoms with Gasteiger partial charge in [-0.15, -0.1) is 0 Å². The first-order valence-electron chi connectivity index (χ1n) is 10.5. The summed E-state index contributed by atoms with van der Waals surface area (Å²) in [5.41, 5.74) is 2.05. The van der Waals surface area contributed by atoms with Crippen molar-refractivity contribution >= 4 is 5.96 Å². The topological polar surface area (TPSA) is 86.2 Å². The number of guanidine groups is 1. The summed E-state index contributed by atoms with van der Waals surface area (Å²) in [4.78, 5) is 9.05. The van der Waals surface area contributed by atoms with Gasteiger partial charge in [-0.25, -0.2) is 9.98 Å². The number of hydrogen-bond acceptors (Lipinski definition) is 6. The first-order chi connectivity index (χ1) is 15.3. The smallest absolute Gasteiger partial charge is 0.218 e. The molecule has 1 aromatic heterocycles. The fourth-order valence-corrected chi connectivity index (χ4v) is 2.69. The number of rotatable bonds is 14. The van der Waals surface area contributed by atoms with Gasteiger partial charge in [0.2, 0.25) is 5.88 Å². The van der Waals surface area contributed by atoms with Crippen LogP contribution in [-0.2, 0) is 22.6 Å². The maximum atomic E-state index is 5.72. The minimum Gasteiger partial charge on any atom is -0.497 e. The van der Waals surface area contributed by atoms with Crippen molar-refractivity contribution in [2.75, 3.05) is 47.2 Å². The molecule has 1 aromatic carbocycles. The van der Waals surface area contributed by atoms with Gasteiger partial charge in [-0.2, -0.15) is 0 Å². The molecule has 0 aliphatic heterocycles. The Bertz CT molecular complexity index is 768. The standard InChI is InChI=1S/C23H34N4O4/c1-4-30-14-6-13-25-23(26-17-19-8-10-21(29-3)11-9-19)27-18-20-7-5-12-24-22(20)31-16-15-28-2/h5,7-12H,4,6,13-18H2,1-3H3,(H2,25,26,27). The maximum Gasteiger partial charge on any atom is 0.218 e. The van der Waals surface area contributed by atoms with Gasteiger partial charge in [-0.1, -0.05) is 18.2 Å². The van der Waals surface area contributed by atoms with Gasteiger partial charge in [0.15, 0.2) is 5.96 Å². The van der Waals surface area contributed by atoms with Crippen LogP contribution in [0, 0.1) is 0 Å². The summed E-state index contributed by atoms with van der Waals surface area (Å²) in [6.07, 6.45) is 2.62. The van der Waals surface area contributed by atoms with Gasteiger partial charge in [0.05, 0.1) is 20.3 Å². The molecule has 0 spiro atoms. The first kappa shape index (κ1) is 24.4. The minimum absolute atomic E-state index is 0.453. The third-order valence-electron chi connectivity index (χ3n) is 4.36. The van der Waals surface area contributed by atoms with E-state index in [4.69, 9.17) is 23.9 Å². The van der Waals surface area contributed by atoms with Gasteiger partial charge in [0, 0.05) is 45.2 Å². The van der Waals surface area contributed by atoms with Gasteiger partial charge in [-0.3, -0.25) is 0 Å². The SMILES string of the molecule is CCOCCCNC(=NCc1ccc(OC)cc1)NCc1cccnc1OCCOC. The van der Waals surface area contributed by atoms with E-state index in [0.29, 0.717) is 32.2 Å². The first-order valence-corrected chi connectivity index (χ1v) is 10.5. The molecule has 0 saturated heterocycles. The maximum absolute atomic E-state index is 5.72. The zero-order valence-corrected chi connectivity index (χ0v) is 18.7.